The summed E-state index contributed by atoms with van der Waals surface area (Å²) in [4.78, 5) is 29.4. The summed E-state index contributed by atoms with van der Waals surface area (Å²) in [6.45, 7) is 5.83. The van der Waals surface area contributed by atoms with Crippen molar-refractivity contribution in [2.45, 2.75) is 82.8 Å². The van der Waals surface area contributed by atoms with E-state index in [0.29, 0.717) is 24.5 Å². The first-order valence-electron chi connectivity index (χ1n) is 15.2. The van der Waals surface area contributed by atoms with Gasteiger partial charge in [-0.2, -0.15) is 0 Å². The van der Waals surface area contributed by atoms with Gasteiger partial charge in [0.1, 0.15) is 18.3 Å². The molecule has 0 bridgehead atoms. The smallest absolute Gasteiger partial charge is 0.264 e. The number of sulfonamides is 1. The highest BCUT2D eigenvalue weighted by Gasteiger charge is 2.34. The fourth-order valence-corrected chi connectivity index (χ4v) is 6.90. The molecule has 0 radical (unpaired) electrons. The van der Waals surface area contributed by atoms with Gasteiger partial charge in [0.25, 0.3) is 10.0 Å². The average Bonchev–Trinajstić information content (AvgIpc) is 3.01. The lowest BCUT2D eigenvalue weighted by Gasteiger charge is -2.34. The van der Waals surface area contributed by atoms with E-state index in [1.54, 1.807) is 24.3 Å². The van der Waals surface area contributed by atoms with Gasteiger partial charge in [-0.25, -0.2) is 8.42 Å². The lowest BCUT2D eigenvalue weighted by Crippen LogP contribution is -2.54. The Balaban J connectivity index is 1.68. The van der Waals surface area contributed by atoms with Crippen molar-refractivity contribution >= 4 is 27.5 Å². The lowest BCUT2D eigenvalue weighted by molar-refractivity contribution is -0.140. The van der Waals surface area contributed by atoms with Gasteiger partial charge in [0.2, 0.25) is 11.8 Å². The van der Waals surface area contributed by atoms with Crippen LogP contribution in [0.1, 0.15) is 63.5 Å². The van der Waals surface area contributed by atoms with Gasteiger partial charge in [-0.1, -0.05) is 74.2 Å². The number of anilines is 1. The second kappa shape index (κ2) is 15.0. The van der Waals surface area contributed by atoms with Crippen molar-refractivity contribution < 1.29 is 22.7 Å². The monoisotopic (exact) mass is 605 g/mol. The minimum atomic E-state index is -4.15. The third-order valence-electron chi connectivity index (χ3n) is 7.86. The molecule has 4 rings (SSSR count). The molecular weight excluding hydrogens is 562 g/mol. The maximum atomic E-state index is 14.2. The van der Waals surface area contributed by atoms with E-state index in [0.717, 1.165) is 41.1 Å². The molecule has 0 aromatic heterocycles. The quantitative estimate of drug-likeness (QED) is 0.264. The van der Waals surface area contributed by atoms with E-state index >= 15 is 0 Å². The van der Waals surface area contributed by atoms with Crippen LogP contribution in [-0.2, 0) is 26.2 Å². The van der Waals surface area contributed by atoms with Crippen LogP contribution >= 0.6 is 0 Å². The first kappa shape index (κ1) is 32.1. The standard InChI is InChI=1S/C34H43N3O5S/c1-4-32(34(39)35-28-14-10-7-11-15-28)36(24-27-12-8-6-9-13-27)33(38)25-37(29-18-16-26(3)17-19-29)43(40,41)31-22-20-30(21-23-31)42-5-2/h6,8-9,12-13,16-23,28,32H,4-5,7,10-11,14-15,24-25H2,1-3H3,(H,35,39)/t32-/m1/s1. The molecule has 3 aromatic carbocycles. The number of nitrogens with zero attached hydrogens (tertiary/aromatic N) is 2. The zero-order chi connectivity index (χ0) is 30.8. The molecule has 0 unspecified atom stereocenters. The van der Waals surface area contributed by atoms with E-state index < -0.39 is 28.5 Å². The van der Waals surface area contributed by atoms with Crippen molar-refractivity contribution in [1.82, 2.24) is 10.2 Å². The number of amides is 2. The molecule has 9 heteroatoms. The fourth-order valence-electron chi connectivity index (χ4n) is 5.49. The Hall–Kier alpha value is -3.85. The van der Waals surface area contributed by atoms with Crippen LogP contribution in [0.2, 0.25) is 0 Å². The molecule has 1 aliphatic rings. The van der Waals surface area contributed by atoms with E-state index in [1.807, 2.05) is 63.2 Å². The molecule has 0 spiro atoms. The Bertz CT molecular complexity index is 1440. The molecular formula is C34H43N3O5S. The summed E-state index contributed by atoms with van der Waals surface area (Å²) < 4.78 is 34.8. The number of aryl methyl sites for hydroxylation is 1. The third kappa shape index (κ3) is 8.38. The second-order valence-corrected chi connectivity index (χ2v) is 12.9. The molecule has 1 fully saturated rings. The molecule has 0 heterocycles. The van der Waals surface area contributed by atoms with Crippen LogP contribution in [0.4, 0.5) is 5.69 Å². The van der Waals surface area contributed by atoms with Gasteiger partial charge in [0, 0.05) is 12.6 Å². The highest BCUT2D eigenvalue weighted by Crippen LogP contribution is 2.27. The third-order valence-corrected chi connectivity index (χ3v) is 9.64. The van der Waals surface area contributed by atoms with Crippen molar-refractivity contribution in [3.05, 3.63) is 90.0 Å². The van der Waals surface area contributed by atoms with Crippen LogP contribution in [-0.4, -0.2) is 50.4 Å². The van der Waals surface area contributed by atoms with Gasteiger partial charge < -0.3 is 15.0 Å². The number of ether oxygens (including phenoxy) is 1. The van der Waals surface area contributed by atoms with E-state index in [1.165, 1.54) is 23.5 Å². The number of rotatable bonds is 13. The van der Waals surface area contributed by atoms with E-state index in [4.69, 9.17) is 4.74 Å². The van der Waals surface area contributed by atoms with Crippen LogP contribution in [0.5, 0.6) is 5.75 Å². The summed E-state index contributed by atoms with van der Waals surface area (Å²) in [5.41, 5.74) is 2.19. The van der Waals surface area contributed by atoms with Gasteiger partial charge in [0.05, 0.1) is 17.2 Å². The van der Waals surface area contributed by atoms with Crippen molar-refractivity contribution in [3.63, 3.8) is 0 Å². The number of carbonyl (C=O) groups excluding carboxylic acids is 2. The summed E-state index contributed by atoms with van der Waals surface area (Å²) in [5.74, 6) is -0.0947. The number of benzene rings is 3. The SMILES string of the molecule is CCOc1ccc(S(=O)(=O)N(CC(=O)N(Cc2ccccc2)[C@H](CC)C(=O)NC2CCCCC2)c2ccc(C)cc2)cc1. The minimum absolute atomic E-state index is 0.0426. The molecule has 1 N–H and O–H groups in total. The van der Waals surface area contributed by atoms with Gasteiger partial charge in [-0.3, -0.25) is 13.9 Å². The molecule has 3 aromatic rings. The molecule has 1 saturated carbocycles. The molecule has 1 atom stereocenters. The van der Waals surface area contributed by atoms with Gasteiger partial charge in [0.15, 0.2) is 0 Å². The van der Waals surface area contributed by atoms with Crippen molar-refractivity contribution in [3.8, 4) is 5.75 Å². The number of hydrogen-bond acceptors (Lipinski definition) is 5. The zero-order valence-electron chi connectivity index (χ0n) is 25.4. The summed E-state index contributed by atoms with van der Waals surface area (Å²) in [6, 6.07) is 22.0. The molecule has 1 aliphatic carbocycles. The number of carbonyl (C=O) groups is 2. The Labute approximate surface area is 256 Å². The van der Waals surface area contributed by atoms with Crippen molar-refractivity contribution in [2.24, 2.45) is 0 Å². The number of hydrogen-bond donors (Lipinski definition) is 1. The van der Waals surface area contributed by atoms with E-state index in [-0.39, 0.29) is 23.4 Å². The highest BCUT2D eigenvalue weighted by atomic mass is 32.2. The van der Waals surface area contributed by atoms with Crippen molar-refractivity contribution in [2.75, 3.05) is 17.5 Å². The molecule has 8 nitrogen and oxygen atoms in total. The maximum absolute atomic E-state index is 14.2. The Kier molecular flexibility index (Phi) is 11.2. The van der Waals surface area contributed by atoms with Gasteiger partial charge in [-0.15, -0.1) is 0 Å². The molecule has 0 aliphatic heterocycles. The Morgan fingerprint density at radius 2 is 1.56 bits per heavy atom. The van der Waals surface area contributed by atoms with Crippen LogP contribution in [0, 0.1) is 6.92 Å². The highest BCUT2D eigenvalue weighted by molar-refractivity contribution is 7.92. The van der Waals surface area contributed by atoms with Crippen molar-refractivity contribution in [1.29, 1.82) is 0 Å². The predicted molar refractivity (Wildman–Crippen MR) is 169 cm³/mol. The molecule has 43 heavy (non-hydrogen) atoms. The van der Waals surface area contributed by atoms with Gasteiger partial charge in [-0.05, 0) is 75.1 Å². The summed E-state index contributed by atoms with van der Waals surface area (Å²) in [6.07, 6.45) is 5.56. The summed E-state index contributed by atoms with van der Waals surface area (Å²) >= 11 is 0. The summed E-state index contributed by atoms with van der Waals surface area (Å²) in [5, 5.41) is 3.18. The van der Waals surface area contributed by atoms with Crippen LogP contribution in [0.15, 0.2) is 83.8 Å². The molecule has 0 saturated heterocycles. The van der Waals surface area contributed by atoms with Crippen LogP contribution in [0.25, 0.3) is 0 Å². The second-order valence-electron chi connectivity index (χ2n) is 11.0. The van der Waals surface area contributed by atoms with E-state index in [2.05, 4.69) is 5.32 Å². The predicted octanol–water partition coefficient (Wildman–Crippen LogP) is 5.85. The Morgan fingerprint density at radius 3 is 2.16 bits per heavy atom. The topological polar surface area (TPSA) is 96.0 Å². The Morgan fingerprint density at radius 1 is 0.907 bits per heavy atom. The average molecular weight is 606 g/mol. The lowest BCUT2D eigenvalue weighted by atomic mass is 9.95. The van der Waals surface area contributed by atoms with Crippen LogP contribution in [0.3, 0.4) is 0 Å². The summed E-state index contributed by atoms with van der Waals surface area (Å²) in [7, 11) is -4.15. The van der Waals surface area contributed by atoms with Crippen LogP contribution < -0.4 is 14.4 Å². The molecule has 230 valence electrons. The first-order valence-corrected chi connectivity index (χ1v) is 16.6. The minimum Gasteiger partial charge on any atom is -0.494 e. The normalized spacial score (nSPS) is 14.5. The first-order chi connectivity index (χ1) is 20.7. The van der Waals surface area contributed by atoms with Gasteiger partial charge >= 0.3 is 0 Å². The number of nitrogens with one attached hydrogen (secondary N) is 1. The zero-order valence-corrected chi connectivity index (χ0v) is 26.2. The maximum Gasteiger partial charge on any atom is 0.264 e. The molecule has 2 amide bonds. The van der Waals surface area contributed by atoms with E-state index in [9.17, 15) is 18.0 Å². The largest absolute Gasteiger partial charge is 0.494 e. The fraction of sp³-hybridized carbons (Fsp3) is 0.412.